The van der Waals surface area contributed by atoms with E-state index in [9.17, 15) is 35.5 Å². The molecule has 0 unspecified atom stereocenters. The Kier molecular flexibility index (Phi) is 4.79. The van der Waals surface area contributed by atoms with Crippen LogP contribution in [0.3, 0.4) is 0 Å². The third-order valence-electron chi connectivity index (χ3n) is 2.43. The van der Waals surface area contributed by atoms with Crippen molar-refractivity contribution in [2.75, 3.05) is 6.54 Å². The SMILES string of the molecule is O=C(NCCc1ccccn1)C(F)(F)C(F)(F)C(F)(F)F. The van der Waals surface area contributed by atoms with E-state index in [4.69, 9.17) is 0 Å². The minimum Gasteiger partial charge on any atom is -0.350 e. The van der Waals surface area contributed by atoms with E-state index < -0.39 is 30.5 Å². The highest BCUT2D eigenvalue weighted by atomic mass is 19.4. The lowest BCUT2D eigenvalue weighted by atomic mass is 10.1. The standard InChI is InChI=1S/C11H9F7N2O/c12-9(13,10(14,15)11(16,17)18)8(21)20-6-4-7-3-1-2-5-19-7/h1-3,5H,4,6H2,(H,20,21). The molecule has 21 heavy (non-hydrogen) atoms. The van der Waals surface area contributed by atoms with Gasteiger partial charge in [-0.15, -0.1) is 0 Å². The molecule has 0 atom stereocenters. The van der Waals surface area contributed by atoms with Crippen molar-refractivity contribution in [1.29, 1.82) is 0 Å². The van der Waals surface area contributed by atoms with Crippen LogP contribution in [-0.4, -0.2) is 35.5 Å². The number of alkyl halides is 7. The first-order chi connectivity index (χ1) is 9.50. The predicted molar refractivity (Wildman–Crippen MR) is 56.9 cm³/mol. The molecule has 1 N–H and O–H groups in total. The van der Waals surface area contributed by atoms with E-state index in [0.29, 0.717) is 5.69 Å². The minimum atomic E-state index is -6.53. The summed E-state index contributed by atoms with van der Waals surface area (Å²) >= 11 is 0. The molecule has 1 amide bonds. The number of pyridine rings is 1. The highest BCUT2D eigenvalue weighted by molar-refractivity contribution is 5.84. The van der Waals surface area contributed by atoms with Crippen molar-refractivity contribution in [2.45, 2.75) is 24.4 Å². The molecule has 10 heteroatoms. The van der Waals surface area contributed by atoms with Crippen LogP contribution in [0, 0.1) is 0 Å². The Morgan fingerprint density at radius 1 is 1.10 bits per heavy atom. The second kappa shape index (κ2) is 5.86. The quantitative estimate of drug-likeness (QED) is 0.848. The Labute approximate surface area is 114 Å². The fourth-order valence-corrected chi connectivity index (χ4v) is 1.28. The molecule has 3 nitrogen and oxygen atoms in total. The van der Waals surface area contributed by atoms with Crippen molar-refractivity contribution >= 4 is 5.91 Å². The van der Waals surface area contributed by atoms with Crippen LogP contribution in [0.15, 0.2) is 24.4 Å². The van der Waals surface area contributed by atoms with Crippen molar-refractivity contribution in [2.24, 2.45) is 0 Å². The van der Waals surface area contributed by atoms with E-state index in [1.165, 1.54) is 17.6 Å². The van der Waals surface area contributed by atoms with E-state index in [1.54, 1.807) is 12.1 Å². The number of rotatable bonds is 5. The molecule has 1 heterocycles. The summed E-state index contributed by atoms with van der Waals surface area (Å²) in [5.74, 6) is -15.0. The third kappa shape index (κ3) is 3.61. The van der Waals surface area contributed by atoms with Gasteiger partial charge in [0.1, 0.15) is 0 Å². The van der Waals surface area contributed by atoms with Crippen molar-refractivity contribution in [3.8, 4) is 0 Å². The summed E-state index contributed by atoms with van der Waals surface area (Å²) in [4.78, 5) is 14.6. The van der Waals surface area contributed by atoms with Crippen LogP contribution in [0.25, 0.3) is 0 Å². The van der Waals surface area contributed by atoms with Gasteiger partial charge in [0.25, 0.3) is 5.91 Å². The van der Waals surface area contributed by atoms with Gasteiger partial charge in [-0.25, -0.2) is 0 Å². The molecule has 118 valence electrons. The highest BCUT2D eigenvalue weighted by Gasteiger charge is 2.76. The zero-order valence-electron chi connectivity index (χ0n) is 10.2. The number of nitrogens with one attached hydrogen (secondary N) is 1. The minimum absolute atomic E-state index is 0.0970. The van der Waals surface area contributed by atoms with Crippen molar-refractivity contribution in [3.63, 3.8) is 0 Å². The van der Waals surface area contributed by atoms with Crippen molar-refractivity contribution in [1.82, 2.24) is 10.3 Å². The molecule has 0 saturated carbocycles. The molecule has 0 saturated heterocycles. The van der Waals surface area contributed by atoms with Gasteiger partial charge in [-0.05, 0) is 12.1 Å². The third-order valence-corrected chi connectivity index (χ3v) is 2.43. The lowest BCUT2D eigenvalue weighted by molar-refractivity contribution is -0.344. The molecule has 0 bridgehead atoms. The number of aromatic nitrogens is 1. The molecule has 1 rings (SSSR count). The van der Waals surface area contributed by atoms with E-state index in [0.717, 1.165) is 0 Å². The Morgan fingerprint density at radius 2 is 1.71 bits per heavy atom. The average Bonchev–Trinajstić information content (AvgIpc) is 2.38. The molecular weight excluding hydrogens is 309 g/mol. The van der Waals surface area contributed by atoms with Crippen molar-refractivity contribution in [3.05, 3.63) is 30.1 Å². The first-order valence-corrected chi connectivity index (χ1v) is 5.50. The van der Waals surface area contributed by atoms with Gasteiger partial charge in [-0.2, -0.15) is 30.7 Å². The van der Waals surface area contributed by atoms with E-state index in [-0.39, 0.29) is 6.42 Å². The van der Waals surface area contributed by atoms with E-state index in [2.05, 4.69) is 4.98 Å². The summed E-state index contributed by atoms with van der Waals surface area (Å²) in [7, 11) is 0. The molecule has 0 radical (unpaired) electrons. The first-order valence-electron chi connectivity index (χ1n) is 5.50. The van der Waals surface area contributed by atoms with Gasteiger partial charge in [0.05, 0.1) is 0 Å². The lowest BCUT2D eigenvalue weighted by Gasteiger charge is -2.27. The molecule has 0 aromatic carbocycles. The number of hydrogen-bond acceptors (Lipinski definition) is 2. The maximum Gasteiger partial charge on any atom is 0.460 e. The van der Waals surface area contributed by atoms with Crippen LogP contribution < -0.4 is 5.32 Å². The van der Waals surface area contributed by atoms with Crippen LogP contribution in [0.2, 0.25) is 0 Å². The number of carbonyl (C=O) groups excluding carboxylic acids is 1. The Bertz CT molecular complexity index is 487. The van der Waals surface area contributed by atoms with Gasteiger partial charge in [0, 0.05) is 24.9 Å². The maximum absolute atomic E-state index is 12.9. The Hall–Kier alpha value is -1.87. The topological polar surface area (TPSA) is 42.0 Å². The summed E-state index contributed by atoms with van der Waals surface area (Å²) in [5.41, 5.74) is 0.351. The zero-order chi connectivity index (χ0) is 16.3. The fraction of sp³-hybridized carbons (Fsp3) is 0.455. The molecule has 0 fully saturated rings. The van der Waals surface area contributed by atoms with Crippen LogP contribution in [-0.2, 0) is 11.2 Å². The highest BCUT2D eigenvalue weighted by Crippen LogP contribution is 2.46. The first kappa shape index (κ1) is 17.2. The summed E-state index contributed by atoms with van der Waals surface area (Å²) < 4.78 is 86.5. The summed E-state index contributed by atoms with van der Waals surface area (Å²) in [5, 5.41) is 1.34. The number of halogens is 7. The molecule has 0 spiro atoms. The van der Waals surface area contributed by atoms with Crippen LogP contribution >= 0.6 is 0 Å². The van der Waals surface area contributed by atoms with Gasteiger partial charge < -0.3 is 5.32 Å². The average molecular weight is 318 g/mol. The van der Waals surface area contributed by atoms with Crippen molar-refractivity contribution < 1.29 is 35.5 Å². The van der Waals surface area contributed by atoms with Gasteiger partial charge in [0.15, 0.2) is 0 Å². The second-order valence-electron chi connectivity index (χ2n) is 3.97. The molecular formula is C11H9F7N2O. The fourth-order valence-electron chi connectivity index (χ4n) is 1.28. The largest absolute Gasteiger partial charge is 0.460 e. The van der Waals surface area contributed by atoms with Crippen LogP contribution in [0.4, 0.5) is 30.7 Å². The molecule has 1 aromatic heterocycles. The molecule has 0 aliphatic rings. The Morgan fingerprint density at radius 3 is 2.19 bits per heavy atom. The Balaban J connectivity index is 2.66. The zero-order valence-corrected chi connectivity index (χ0v) is 10.2. The second-order valence-corrected chi connectivity index (χ2v) is 3.97. The van der Waals surface area contributed by atoms with Gasteiger partial charge in [-0.1, -0.05) is 6.07 Å². The summed E-state index contributed by atoms with van der Waals surface area (Å²) in [6.45, 7) is -0.556. The predicted octanol–water partition coefficient (Wildman–Crippen LogP) is 2.57. The molecule has 1 aromatic rings. The molecule has 0 aliphatic carbocycles. The number of nitrogens with zero attached hydrogens (tertiary/aromatic N) is 1. The smallest absolute Gasteiger partial charge is 0.350 e. The summed E-state index contributed by atoms with van der Waals surface area (Å²) in [6.07, 6.45) is -5.27. The van der Waals surface area contributed by atoms with E-state index in [1.807, 2.05) is 0 Å². The number of amides is 1. The van der Waals surface area contributed by atoms with Crippen LogP contribution in [0.1, 0.15) is 5.69 Å². The van der Waals surface area contributed by atoms with Gasteiger partial charge >= 0.3 is 18.0 Å². The normalized spacial score (nSPS) is 13.1. The van der Waals surface area contributed by atoms with Crippen LogP contribution in [0.5, 0.6) is 0 Å². The number of hydrogen-bond donors (Lipinski definition) is 1. The van der Waals surface area contributed by atoms with E-state index >= 15 is 0 Å². The molecule has 0 aliphatic heterocycles. The van der Waals surface area contributed by atoms with Gasteiger partial charge in [0.2, 0.25) is 0 Å². The summed E-state index contributed by atoms with van der Waals surface area (Å²) in [6, 6.07) is 4.57. The maximum atomic E-state index is 12.9. The lowest BCUT2D eigenvalue weighted by Crippen LogP contribution is -2.59. The number of carbonyl (C=O) groups is 1. The van der Waals surface area contributed by atoms with Gasteiger partial charge in [-0.3, -0.25) is 9.78 Å². The monoisotopic (exact) mass is 318 g/mol.